The van der Waals surface area contributed by atoms with Crippen molar-refractivity contribution in [3.05, 3.63) is 29.8 Å². The summed E-state index contributed by atoms with van der Waals surface area (Å²) < 4.78 is 0. The molecule has 0 aromatic heterocycles. The van der Waals surface area contributed by atoms with E-state index >= 15 is 0 Å². The lowest BCUT2D eigenvalue weighted by molar-refractivity contribution is -0.117. The van der Waals surface area contributed by atoms with Gasteiger partial charge in [0, 0.05) is 7.05 Å². The number of hydrogen-bond acceptors (Lipinski definition) is 4. The zero-order valence-electron chi connectivity index (χ0n) is 11.1. The number of benzene rings is 1. The van der Waals surface area contributed by atoms with Crippen LogP contribution in [0.25, 0.3) is 0 Å². The Labute approximate surface area is 117 Å². The molecule has 0 spiro atoms. The zero-order valence-corrected chi connectivity index (χ0v) is 11.9. The second-order valence-corrected chi connectivity index (χ2v) is 4.99. The summed E-state index contributed by atoms with van der Waals surface area (Å²) >= 11 is 1.64. The Morgan fingerprint density at radius 3 is 2.68 bits per heavy atom. The fourth-order valence-electron chi connectivity index (χ4n) is 1.53. The van der Waals surface area contributed by atoms with Crippen molar-refractivity contribution in [2.75, 3.05) is 24.4 Å². The summed E-state index contributed by atoms with van der Waals surface area (Å²) in [5.74, 6) is 0.310. The van der Waals surface area contributed by atoms with Crippen molar-refractivity contribution in [2.45, 2.75) is 12.5 Å². The number of rotatable bonds is 6. The lowest BCUT2D eigenvalue weighted by Gasteiger charge is -2.14. The summed E-state index contributed by atoms with van der Waals surface area (Å²) in [4.78, 5) is 23.6. The molecule has 2 amide bonds. The molecule has 4 N–H and O–H groups in total. The van der Waals surface area contributed by atoms with Gasteiger partial charge in [0.15, 0.2) is 0 Å². The average molecular weight is 281 g/mol. The molecule has 0 aliphatic rings. The maximum absolute atomic E-state index is 11.9. The van der Waals surface area contributed by atoms with E-state index in [2.05, 4.69) is 10.6 Å². The fourth-order valence-corrected chi connectivity index (χ4v) is 2.02. The molecule has 0 aliphatic carbocycles. The molecular weight excluding hydrogens is 262 g/mol. The van der Waals surface area contributed by atoms with E-state index in [4.69, 9.17) is 5.73 Å². The van der Waals surface area contributed by atoms with Crippen LogP contribution in [0.1, 0.15) is 16.8 Å². The normalized spacial score (nSPS) is 11.7. The molecule has 0 saturated carbocycles. The van der Waals surface area contributed by atoms with E-state index in [1.807, 2.05) is 6.26 Å². The monoisotopic (exact) mass is 281 g/mol. The van der Waals surface area contributed by atoms with Gasteiger partial charge in [0.1, 0.15) is 0 Å². The van der Waals surface area contributed by atoms with Crippen LogP contribution in [-0.2, 0) is 4.79 Å². The van der Waals surface area contributed by atoms with E-state index in [-0.39, 0.29) is 11.8 Å². The van der Waals surface area contributed by atoms with Gasteiger partial charge < -0.3 is 16.4 Å². The highest BCUT2D eigenvalue weighted by molar-refractivity contribution is 7.98. The van der Waals surface area contributed by atoms with Crippen LogP contribution in [0.2, 0.25) is 0 Å². The summed E-state index contributed by atoms with van der Waals surface area (Å²) in [5, 5.41) is 5.23. The van der Waals surface area contributed by atoms with Crippen LogP contribution in [0.4, 0.5) is 5.69 Å². The molecule has 0 unspecified atom stereocenters. The van der Waals surface area contributed by atoms with Gasteiger partial charge in [-0.05, 0) is 30.6 Å². The number of carbonyl (C=O) groups is 2. The van der Waals surface area contributed by atoms with Crippen molar-refractivity contribution in [3.8, 4) is 0 Å². The highest BCUT2D eigenvalue weighted by Crippen LogP contribution is 2.15. The molecule has 0 aliphatic heterocycles. The quantitative estimate of drug-likeness (QED) is 0.728. The first-order chi connectivity index (χ1) is 9.10. The Kier molecular flexibility index (Phi) is 6.38. The number of thioether (sulfide) groups is 1. The molecule has 0 fully saturated rings. The Balaban J connectivity index is 2.76. The van der Waals surface area contributed by atoms with E-state index < -0.39 is 6.04 Å². The largest absolute Gasteiger partial charge is 0.355 e. The zero-order chi connectivity index (χ0) is 14.3. The minimum absolute atomic E-state index is 0.242. The van der Waals surface area contributed by atoms with Crippen LogP contribution in [-0.4, -0.2) is 36.9 Å². The number of para-hydroxylation sites is 1. The number of anilines is 1. The second kappa shape index (κ2) is 7.81. The van der Waals surface area contributed by atoms with Gasteiger partial charge in [0.25, 0.3) is 5.91 Å². The van der Waals surface area contributed by atoms with Crippen molar-refractivity contribution in [1.29, 1.82) is 0 Å². The molecule has 1 atom stereocenters. The number of nitrogens with one attached hydrogen (secondary N) is 2. The van der Waals surface area contributed by atoms with Gasteiger partial charge in [0.05, 0.1) is 17.3 Å². The molecule has 1 aromatic rings. The maximum atomic E-state index is 11.9. The molecule has 1 rings (SSSR count). The van der Waals surface area contributed by atoms with Crippen LogP contribution in [0, 0.1) is 0 Å². The molecule has 104 valence electrons. The third kappa shape index (κ3) is 4.57. The lowest BCUT2D eigenvalue weighted by atomic mass is 10.1. The highest BCUT2D eigenvalue weighted by atomic mass is 32.2. The average Bonchev–Trinajstić information content (AvgIpc) is 2.44. The summed E-state index contributed by atoms with van der Waals surface area (Å²) in [5.41, 5.74) is 6.69. The summed E-state index contributed by atoms with van der Waals surface area (Å²) in [7, 11) is 1.55. The van der Waals surface area contributed by atoms with E-state index in [0.29, 0.717) is 17.7 Å². The van der Waals surface area contributed by atoms with Crippen molar-refractivity contribution >= 4 is 29.3 Å². The minimum atomic E-state index is -0.565. The molecule has 0 saturated heterocycles. The molecule has 1 aromatic carbocycles. The summed E-state index contributed by atoms with van der Waals surface area (Å²) in [6.07, 6.45) is 2.57. The van der Waals surface area contributed by atoms with Gasteiger partial charge in [-0.25, -0.2) is 0 Å². The van der Waals surface area contributed by atoms with Crippen molar-refractivity contribution < 1.29 is 9.59 Å². The van der Waals surface area contributed by atoms with Gasteiger partial charge in [-0.15, -0.1) is 0 Å². The first-order valence-corrected chi connectivity index (χ1v) is 7.36. The molecule has 0 heterocycles. The van der Waals surface area contributed by atoms with Crippen LogP contribution in [0.15, 0.2) is 24.3 Å². The topological polar surface area (TPSA) is 84.2 Å². The Morgan fingerprint density at radius 2 is 2.05 bits per heavy atom. The van der Waals surface area contributed by atoms with E-state index in [0.717, 1.165) is 5.75 Å². The van der Waals surface area contributed by atoms with Crippen LogP contribution >= 0.6 is 11.8 Å². The summed E-state index contributed by atoms with van der Waals surface area (Å²) in [6.45, 7) is 0. The van der Waals surface area contributed by atoms with Gasteiger partial charge >= 0.3 is 0 Å². The first-order valence-electron chi connectivity index (χ1n) is 5.96. The first kappa shape index (κ1) is 15.5. The SMILES string of the molecule is CNC(=O)c1ccccc1NC(=O)[C@@H](N)CCSC. The van der Waals surface area contributed by atoms with Crippen LogP contribution in [0.5, 0.6) is 0 Å². The molecule has 19 heavy (non-hydrogen) atoms. The third-order valence-corrected chi connectivity index (χ3v) is 3.27. The van der Waals surface area contributed by atoms with Gasteiger partial charge in [0.2, 0.25) is 5.91 Å². The van der Waals surface area contributed by atoms with Crippen molar-refractivity contribution in [2.24, 2.45) is 5.73 Å². The molecule has 0 bridgehead atoms. The highest BCUT2D eigenvalue weighted by Gasteiger charge is 2.16. The van der Waals surface area contributed by atoms with Gasteiger partial charge in [-0.1, -0.05) is 12.1 Å². The Morgan fingerprint density at radius 1 is 1.37 bits per heavy atom. The molecule has 5 nitrogen and oxygen atoms in total. The third-order valence-electron chi connectivity index (χ3n) is 2.63. The Hall–Kier alpha value is -1.53. The second-order valence-electron chi connectivity index (χ2n) is 4.00. The summed E-state index contributed by atoms with van der Waals surface area (Å²) in [6, 6.07) is 6.28. The van der Waals surface area contributed by atoms with E-state index in [1.165, 1.54) is 0 Å². The van der Waals surface area contributed by atoms with Crippen molar-refractivity contribution in [3.63, 3.8) is 0 Å². The predicted molar refractivity (Wildman–Crippen MR) is 79.4 cm³/mol. The van der Waals surface area contributed by atoms with Gasteiger partial charge in [-0.3, -0.25) is 9.59 Å². The molecule has 0 radical (unpaired) electrons. The number of hydrogen-bond donors (Lipinski definition) is 3. The standard InChI is InChI=1S/C13H19N3O2S/c1-15-12(17)9-5-3-4-6-11(9)16-13(18)10(14)7-8-19-2/h3-6,10H,7-8,14H2,1-2H3,(H,15,17)(H,16,18)/t10-/m0/s1. The maximum Gasteiger partial charge on any atom is 0.253 e. The van der Waals surface area contributed by atoms with E-state index in [1.54, 1.807) is 43.1 Å². The number of amides is 2. The van der Waals surface area contributed by atoms with Crippen LogP contribution < -0.4 is 16.4 Å². The predicted octanol–water partition coefficient (Wildman–Crippen LogP) is 1.07. The van der Waals surface area contributed by atoms with Gasteiger partial charge in [-0.2, -0.15) is 11.8 Å². The fraction of sp³-hybridized carbons (Fsp3) is 0.385. The van der Waals surface area contributed by atoms with E-state index in [9.17, 15) is 9.59 Å². The van der Waals surface area contributed by atoms with Crippen LogP contribution in [0.3, 0.4) is 0 Å². The smallest absolute Gasteiger partial charge is 0.253 e. The molecular formula is C13H19N3O2S. The number of carbonyl (C=O) groups excluding carboxylic acids is 2. The Bertz CT molecular complexity index is 451. The van der Waals surface area contributed by atoms with Crippen molar-refractivity contribution in [1.82, 2.24) is 5.32 Å². The number of nitrogens with two attached hydrogens (primary N) is 1. The lowest BCUT2D eigenvalue weighted by Crippen LogP contribution is -2.36. The molecule has 6 heteroatoms. The minimum Gasteiger partial charge on any atom is -0.355 e.